The topological polar surface area (TPSA) is 131 Å². The lowest BCUT2D eigenvalue weighted by Gasteiger charge is -2.21. The number of H-pyrrole nitrogens is 1. The highest BCUT2D eigenvalue weighted by Gasteiger charge is 2.39. The number of carbonyl (C=O) groups excluding carboxylic acids is 1. The molecule has 1 aliphatic carbocycles. The zero-order valence-corrected chi connectivity index (χ0v) is 22.5. The molecule has 3 heterocycles. The molecule has 37 heavy (non-hydrogen) atoms. The molecule has 4 aromatic rings. The second-order valence-electron chi connectivity index (χ2n) is 10.7. The second-order valence-corrected chi connectivity index (χ2v) is 12.5. The fourth-order valence-corrected chi connectivity index (χ4v) is 6.86. The predicted molar refractivity (Wildman–Crippen MR) is 138 cm³/mol. The van der Waals surface area contributed by atoms with E-state index in [1.807, 2.05) is 31.2 Å². The van der Waals surface area contributed by atoms with Gasteiger partial charge in [-0.2, -0.15) is 0 Å². The van der Waals surface area contributed by atoms with Gasteiger partial charge in [0.15, 0.2) is 11.3 Å². The number of hydrogen-bond acceptors (Lipinski definition) is 7. The summed E-state index contributed by atoms with van der Waals surface area (Å²) in [4.78, 5) is 20.1. The molecule has 0 aliphatic heterocycles. The summed E-state index contributed by atoms with van der Waals surface area (Å²) in [5.74, 6) is 0.865. The quantitative estimate of drug-likeness (QED) is 0.392. The summed E-state index contributed by atoms with van der Waals surface area (Å²) in [5.41, 5.74) is 1.39. The van der Waals surface area contributed by atoms with Crippen molar-refractivity contribution in [3.05, 3.63) is 47.9 Å². The molecule has 0 radical (unpaired) electrons. The van der Waals surface area contributed by atoms with Gasteiger partial charge in [0.2, 0.25) is 14.9 Å². The number of sulfone groups is 1. The molecule has 1 fully saturated rings. The van der Waals surface area contributed by atoms with Gasteiger partial charge in [0.25, 0.3) is 0 Å². The van der Waals surface area contributed by atoms with E-state index in [0.29, 0.717) is 29.0 Å². The molecule has 3 aromatic heterocycles. The Morgan fingerprint density at radius 3 is 2.65 bits per heavy atom. The standard InChI is InChI=1S/C26H32N6O4S/c1-6-16-13-17(28-25(33)36-26(3,4)5)14-18(16)22-30-31-23-24(29-21-19(32(22)23)11-12-27-21)37(34,35)20-10-8-7-9-15(20)2/h7-12,16-18,27H,6,13-14H2,1-5H3,(H,28,33). The number of nitrogens with one attached hydrogen (secondary N) is 2. The van der Waals surface area contributed by atoms with E-state index < -0.39 is 21.5 Å². The number of aromatic nitrogens is 5. The lowest BCUT2D eigenvalue weighted by molar-refractivity contribution is 0.0504. The van der Waals surface area contributed by atoms with Gasteiger partial charge in [-0.25, -0.2) is 18.2 Å². The van der Waals surface area contributed by atoms with Crippen LogP contribution in [0.5, 0.6) is 0 Å². The van der Waals surface area contributed by atoms with Gasteiger partial charge in [0.05, 0.1) is 10.4 Å². The first-order valence-corrected chi connectivity index (χ1v) is 14.0. The molecule has 3 atom stereocenters. The van der Waals surface area contributed by atoms with Crippen molar-refractivity contribution in [2.75, 3.05) is 0 Å². The first-order valence-electron chi connectivity index (χ1n) is 12.5. The number of amides is 1. The van der Waals surface area contributed by atoms with Crippen molar-refractivity contribution in [2.45, 2.75) is 81.4 Å². The van der Waals surface area contributed by atoms with Gasteiger partial charge in [-0.15, -0.1) is 10.2 Å². The third kappa shape index (κ3) is 4.56. The third-order valence-electron chi connectivity index (χ3n) is 6.95. The van der Waals surface area contributed by atoms with Crippen molar-refractivity contribution >= 4 is 32.7 Å². The van der Waals surface area contributed by atoms with Crippen LogP contribution in [-0.4, -0.2) is 50.7 Å². The average Bonchev–Trinajstić information content (AvgIpc) is 3.54. The largest absolute Gasteiger partial charge is 0.444 e. The van der Waals surface area contributed by atoms with Gasteiger partial charge in [-0.05, 0) is 64.2 Å². The first-order chi connectivity index (χ1) is 17.5. The van der Waals surface area contributed by atoms with Gasteiger partial charge in [0, 0.05) is 18.2 Å². The van der Waals surface area contributed by atoms with E-state index >= 15 is 0 Å². The Bertz CT molecular complexity index is 1580. The van der Waals surface area contributed by atoms with Crippen LogP contribution in [0.3, 0.4) is 0 Å². The number of aryl methyl sites for hydroxylation is 1. The van der Waals surface area contributed by atoms with Crippen molar-refractivity contribution in [1.82, 2.24) is 29.9 Å². The molecule has 3 unspecified atom stereocenters. The van der Waals surface area contributed by atoms with Crippen molar-refractivity contribution in [2.24, 2.45) is 5.92 Å². The number of fused-ring (bicyclic) bond motifs is 3. The minimum absolute atomic E-state index is 0.0329. The van der Waals surface area contributed by atoms with Crippen LogP contribution in [0.25, 0.3) is 16.8 Å². The van der Waals surface area contributed by atoms with Crippen LogP contribution in [0.2, 0.25) is 0 Å². The molecule has 5 rings (SSSR count). The lowest BCUT2D eigenvalue weighted by Crippen LogP contribution is -2.38. The number of carbonyl (C=O) groups is 1. The normalized spacial score (nSPS) is 20.5. The summed E-state index contributed by atoms with van der Waals surface area (Å²) in [6.45, 7) is 9.37. The SMILES string of the molecule is CCC1CC(NC(=O)OC(C)(C)C)CC1c1nnc2c(S(=O)(=O)c3ccccc3C)nc3[nH]ccc3n12. The number of alkyl carbamates (subject to hydrolysis) is 1. The Morgan fingerprint density at radius 2 is 1.95 bits per heavy atom. The average molecular weight is 525 g/mol. The van der Waals surface area contributed by atoms with Gasteiger partial charge < -0.3 is 15.0 Å². The molecule has 0 saturated heterocycles. The van der Waals surface area contributed by atoms with Crippen LogP contribution in [0.15, 0.2) is 46.5 Å². The highest BCUT2D eigenvalue weighted by atomic mass is 32.2. The monoisotopic (exact) mass is 524 g/mol. The molecule has 196 valence electrons. The maximum Gasteiger partial charge on any atom is 0.407 e. The van der Waals surface area contributed by atoms with E-state index in [4.69, 9.17) is 4.74 Å². The van der Waals surface area contributed by atoms with E-state index in [2.05, 4.69) is 32.4 Å². The maximum absolute atomic E-state index is 13.8. The molecule has 1 saturated carbocycles. The zero-order chi connectivity index (χ0) is 26.5. The van der Waals surface area contributed by atoms with Gasteiger partial charge >= 0.3 is 6.09 Å². The van der Waals surface area contributed by atoms with E-state index in [9.17, 15) is 13.2 Å². The smallest absolute Gasteiger partial charge is 0.407 e. The van der Waals surface area contributed by atoms with Crippen molar-refractivity contribution < 1.29 is 17.9 Å². The van der Waals surface area contributed by atoms with Crippen LogP contribution in [0, 0.1) is 12.8 Å². The molecule has 2 N–H and O–H groups in total. The molecule has 11 heteroatoms. The maximum atomic E-state index is 13.8. The Kier molecular flexibility index (Phi) is 6.21. The molecule has 1 aliphatic rings. The van der Waals surface area contributed by atoms with Gasteiger partial charge in [0.1, 0.15) is 11.4 Å². The summed E-state index contributed by atoms with van der Waals surface area (Å²) in [5, 5.41) is 11.8. The number of hydrogen-bond donors (Lipinski definition) is 2. The summed E-state index contributed by atoms with van der Waals surface area (Å²) >= 11 is 0. The van der Waals surface area contributed by atoms with Crippen LogP contribution < -0.4 is 5.32 Å². The number of aromatic amines is 1. The zero-order valence-electron chi connectivity index (χ0n) is 21.6. The van der Waals surface area contributed by atoms with Crippen LogP contribution in [0.4, 0.5) is 4.79 Å². The number of rotatable bonds is 5. The highest BCUT2D eigenvalue weighted by Crippen LogP contribution is 2.42. The lowest BCUT2D eigenvalue weighted by atomic mass is 9.93. The summed E-state index contributed by atoms with van der Waals surface area (Å²) in [6, 6.07) is 8.59. The molecule has 0 bridgehead atoms. The van der Waals surface area contributed by atoms with E-state index in [0.717, 1.165) is 12.8 Å². The van der Waals surface area contributed by atoms with Gasteiger partial charge in [-0.1, -0.05) is 31.5 Å². The molecular formula is C26H32N6O4S. The van der Waals surface area contributed by atoms with E-state index in [1.165, 1.54) is 0 Å². The van der Waals surface area contributed by atoms with Crippen molar-refractivity contribution in [1.29, 1.82) is 0 Å². The number of ether oxygens (including phenoxy) is 1. The Labute approximate surface area is 215 Å². The second kappa shape index (κ2) is 9.13. The molecule has 1 amide bonds. The predicted octanol–water partition coefficient (Wildman–Crippen LogP) is 4.54. The summed E-state index contributed by atoms with van der Waals surface area (Å²) in [7, 11) is -3.97. The molecular weight excluding hydrogens is 492 g/mol. The molecule has 10 nitrogen and oxygen atoms in total. The number of nitrogens with zero attached hydrogens (tertiary/aromatic N) is 4. The highest BCUT2D eigenvalue weighted by molar-refractivity contribution is 7.91. The third-order valence-corrected chi connectivity index (χ3v) is 8.77. The van der Waals surface area contributed by atoms with E-state index in [-0.39, 0.29) is 33.4 Å². The molecule has 1 aromatic carbocycles. The summed E-state index contributed by atoms with van der Waals surface area (Å²) < 4.78 is 34.8. The Morgan fingerprint density at radius 1 is 1.19 bits per heavy atom. The fourth-order valence-electron chi connectivity index (χ4n) is 5.31. The summed E-state index contributed by atoms with van der Waals surface area (Å²) in [6.07, 6.45) is 3.58. The first kappa shape index (κ1) is 25.2. The van der Waals surface area contributed by atoms with Crippen LogP contribution in [0.1, 0.15) is 64.3 Å². The minimum Gasteiger partial charge on any atom is -0.444 e. The van der Waals surface area contributed by atoms with Crippen LogP contribution in [-0.2, 0) is 14.6 Å². The number of benzene rings is 1. The van der Waals surface area contributed by atoms with E-state index in [1.54, 1.807) is 37.4 Å². The Balaban J connectivity index is 1.58. The van der Waals surface area contributed by atoms with Gasteiger partial charge in [-0.3, -0.25) is 4.40 Å². The minimum atomic E-state index is -3.97. The Hall–Kier alpha value is -3.47. The van der Waals surface area contributed by atoms with Crippen molar-refractivity contribution in [3.8, 4) is 0 Å². The van der Waals surface area contributed by atoms with Crippen molar-refractivity contribution in [3.63, 3.8) is 0 Å². The fraction of sp³-hybridized carbons (Fsp3) is 0.462. The van der Waals surface area contributed by atoms with Crippen LogP contribution >= 0.6 is 0 Å². The molecule has 0 spiro atoms.